The van der Waals surface area contributed by atoms with Crippen LogP contribution in [0, 0.1) is 0 Å². The summed E-state index contributed by atoms with van der Waals surface area (Å²) in [6, 6.07) is 0. The quantitative estimate of drug-likeness (QED) is 0.357. The van der Waals surface area contributed by atoms with Crippen LogP contribution in [0.4, 0.5) is 0 Å². The third-order valence-electron chi connectivity index (χ3n) is 0. The Morgan fingerprint density at radius 3 is 1.29 bits per heavy atom. The third kappa shape index (κ3) is 58.8. The van der Waals surface area contributed by atoms with Crippen LogP contribution in [0.1, 0.15) is 1.43 Å². The van der Waals surface area contributed by atoms with Gasteiger partial charge in [0, 0.05) is 17.1 Å². The molecule has 0 fully saturated rings. The molecule has 0 heterocycles. The summed E-state index contributed by atoms with van der Waals surface area (Å²) in [5.41, 5.74) is 0. The maximum Gasteiger partial charge on any atom is 1.00 e. The first-order valence-corrected chi connectivity index (χ1v) is 2.10. The van der Waals surface area contributed by atoms with E-state index in [4.69, 9.17) is 17.5 Å². The van der Waals surface area contributed by atoms with E-state index in [0.29, 0.717) is 0 Å². The largest absolute Gasteiger partial charge is 1.00 e. The van der Waals surface area contributed by atoms with E-state index in [1.165, 1.54) is 0 Å². The molecule has 0 unspecified atom stereocenters. The summed E-state index contributed by atoms with van der Waals surface area (Å²) in [6.45, 7) is 0. The Morgan fingerprint density at radius 1 is 1.29 bits per heavy atom. The first-order valence-electron chi connectivity index (χ1n) is 0.698. The Bertz CT molecular complexity index is 99.2. The van der Waals surface area contributed by atoms with Gasteiger partial charge in [-0.05, 0) is 0 Å². The average Bonchev–Trinajstić information content (AvgIpc) is 0.722. The molecule has 0 rings (SSSR count). The van der Waals surface area contributed by atoms with Crippen molar-refractivity contribution in [2.24, 2.45) is 0 Å². The van der Waals surface area contributed by atoms with Crippen molar-refractivity contribution >= 4 is 10.4 Å². The maximum absolute atomic E-state index is 8.74. The maximum atomic E-state index is 8.74. The van der Waals surface area contributed by atoms with Gasteiger partial charge in [0.2, 0.25) is 0 Å². The van der Waals surface area contributed by atoms with Crippen molar-refractivity contribution in [3.05, 3.63) is 0 Å². The zero-order chi connectivity index (χ0) is 4.50. The van der Waals surface area contributed by atoms with Crippen molar-refractivity contribution < 1.29 is 105 Å². The van der Waals surface area contributed by atoms with Crippen LogP contribution >= 0.6 is 0 Å². The smallest absolute Gasteiger partial charge is 1.00 e. The third-order valence-corrected chi connectivity index (χ3v) is 0. The van der Waals surface area contributed by atoms with Crippen LogP contribution < -0.4 is 68.9 Å². The number of hydrogen-bond acceptors (Lipinski definition) is 2. The van der Waals surface area contributed by atoms with E-state index in [9.17, 15) is 0 Å². The number of rotatable bonds is 0. The van der Waals surface area contributed by atoms with Gasteiger partial charge in [-0.2, -0.15) is 8.42 Å². The van der Waals surface area contributed by atoms with Gasteiger partial charge in [0.1, 0.15) is 0 Å². The Labute approximate surface area is 112 Å². The molecule has 0 saturated carbocycles. The molecule has 7 heavy (non-hydrogen) atoms. The molecule has 0 aromatic carbocycles. The Kier molecular flexibility index (Phi) is 15.2. The number of hydrogen-bond donors (Lipinski definition) is 2. The Balaban J connectivity index is -0.0000000267. The molecule has 4 nitrogen and oxygen atoms in total. The second-order valence-corrected chi connectivity index (χ2v) is 1.34. The second kappa shape index (κ2) is 6.56. The molecule has 0 aliphatic carbocycles. The topological polar surface area (TPSA) is 74.6 Å². The molecular formula is H3CsMnO4S. The minimum atomic E-state index is -4.67. The van der Waals surface area contributed by atoms with Gasteiger partial charge < -0.3 is 1.43 Å². The van der Waals surface area contributed by atoms with Crippen molar-refractivity contribution in [3.63, 3.8) is 0 Å². The van der Waals surface area contributed by atoms with Gasteiger partial charge in [0.15, 0.2) is 0 Å². The van der Waals surface area contributed by atoms with Crippen LogP contribution in [0.15, 0.2) is 0 Å². The average molecular weight is 287 g/mol. The van der Waals surface area contributed by atoms with Gasteiger partial charge in [-0.3, -0.25) is 9.11 Å². The van der Waals surface area contributed by atoms with E-state index >= 15 is 0 Å². The summed E-state index contributed by atoms with van der Waals surface area (Å²) < 4.78 is 31.6. The fraction of sp³-hybridized carbons (Fsp3) is 0. The van der Waals surface area contributed by atoms with Crippen molar-refractivity contribution in [1.82, 2.24) is 0 Å². The SMILES string of the molecule is O=S(=O)(O)O.[Cs+].[H-].[Mn]. The minimum absolute atomic E-state index is 0. The fourth-order valence-electron chi connectivity index (χ4n) is 0. The van der Waals surface area contributed by atoms with Crippen LogP contribution in [0.3, 0.4) is 0 Å². The summed E-state index contributed by atoms with van der Waals surface area (Å²) >= 11 is 0. The van der Waals surface area contributed by atoms with Crippen LogP contribution in [-0.2, 0) is 27.5 Å². The Hall–Kier alpha value is 2.44. The summed E-state index contributed by atoms with van der Waals surface area (Å²) in [5.74, 6) is 0. The standard InChI is InChI=1S/Cs.Mn.H2O4S.H/c;;1-5(2,3)4;/h;;(H2,1,2,3,4);/q+1;;;-1. The van der Waals surface area contributed by atoms with Crippen molar-refractivity contribution in [3.8, 4) is 0 Å². The zero-order valence-corrected chi connectivity index (χ0v) is 11.8. The van der Waals surface area contributed by atoms with E-state index in [-0.39, 0.29) is 87.4 Å². The van der Waals surface area contributed by atoms with Gasteiger partial charge in [-0.1, -0.05) is 0 Å². The van der Waals surface area contributed by atoms with Gasteiger partial charge in [-0.25, -0.2) is 0 Å². The normalized spacial score (nSPS) is 8.29. The summed E-state index contributed by atoms with van der Waals surface area (Å²) in [5, 5.41) is 0. The van der Waals surface area contributed by atoms with Gasteiger partial charge in [-0.15, -0.1) is 0 Å². The van der Waals surface area contributed by atoms with Crippen LogP contribution in [0.5, 0.6) is 0 Å². The fourth-order valence-corrected chi connectivity index (χ4v) is 0. The molecule has 0 aromatic heterocycles. The molecule has 1 radical (unpaired) electrons. The van der Waals surface area contributed by atoms with Crippen LogP contribution in [0.2, 0.25) is 0 Å². The minimum Gasteiger partial charge on any atom is -1.00 e. The molecule has 0 spiro atoms. The molecule has 41 valence electrons. The predicted octanol–water partition coefficient (Wildman–Crippen LogP) is -3.54. The van der Waals surface area contributed by atoms with Crippen molar-refractivity contribution in [2.45, 2.75) is 0 Å². The molecule has 0 aromatic rings. The van der Waals surface area contributed by atoms with E-state index in [0.717, 1.165) is 0 Å². The summed E-state index contributed by atoms with van der Waals surface area (Å²) in [6.07, 6.45) is 0. The van der Waals surface area contributed by atoms with E-state index in [1.54, 1.807) is 0 Å². The van der Waals surface area contributed by atoms with E-state index < -0.39 is 10.4 Å². The summed E-state index contributed by atoms with van der Waals surface area (Å²) in [4.78, 5) is 0. The first-order chi connectivity index (χ1) is 2.00. The molecule has 0 saturated heterocycles. The van der Waals surface area contributed by atoms with Gasteiger partial charge in [0.05, 0.1) is 0 Å². The van der Waals surface area contributed by atoms with Crippen LogP contribution in [-0.4, -0.2) is 17.5 Å². The van der Waals surface area contributed by atoms with Crippen molar-refractivity contribution in [1.29, 1.82) is 0 Å². The zero-order valence-electron chi connectivity index (χ0n) is 4.50. The van der Waals surface area contributed by atoms with Crippen molar-refractivity contribution in [2.75, 3.05) is 0 Å². The molecule has 0 aliphatic heterocycles. The monoisotopic (exact) mass is 287 g/mol. The van der Waals surface area contributed by atoms with E-state index in [2.05, 4.69) is 0 Å². The molecule has 0 atom stereocenters. The van der Waals surface area contributed by atoms with Gasteiger partial charge in [0.25, 0.3) is 0 Å². The molecule has 0 amide bonds. The summed E-state index contributed by atoms with van der Waals surface area (Å²) in [7, 11) is -4.67. The Morgan fingerprint density at radius 2 is 1.29 bits per heavy atom. The van der Waals surface area contributed by atoms with Crippen LogP contribution in [0.25, 0.3) is 0 Å². The second-order valence-electron chi connectivity index (χ2n) is 0.448. The molecule has 2 N–H and O–H groups in total. The predicted molar refractivity (Wildman–Crippen MR) is 15.3 cm³/mol. The van der Waals surface area contributed by atoms with E-state index in [1.807, 2.05) is 0 Å². The molecule has 7 heteroatoms. The van der Waals surface area contributed by atoms with Gasteiger partial charge >= 0.3 is 79.3 Å². The molecular weight excluding hydrogens is 284 g/mol. The molecule has 0 bridgehead atoms. The first kappa shape index (κ1) is 16.2. The molecule has 0 aliphatic rings.